The van der Waals surface area contributed by atoms with Gasteiger partial charge in [-0.05, 0) is 30.2 Å². The lowest BCUT2D eigenvalue weighted by molar-refractivity contribution is 0.0697. The van der Waals surface area contributed by atoms with Crippen molar-refractivity contribution in [2.45, 2.75) is 6.42 Å². The molecule has 0 radical (unpaired) electrons. The Kier molecular flexibility index (Phi) is 4.14. The first-order valence-corrected chi connectivity index (χ1v) is 6.03. The Bertz CT molecular complexity index is 614. The lowest BCUT2D eigenvalue weighted by Crippen LogP contribution is -2.11. The standard InChI is InChI=1S/C14H14FN3O2/c15-10-3-1-9(2-4-10)5-6-17-13-12(14(19)20)7-11(16)8-18-13/h1-4,7-8H,5-6,16H2,(H,17,18)(H,19,20). The molecule has 2 aromatic rings. The molecule has 0 saturated heterocycles. The number of carboxylic acids is 1. The van der Waals surface area contributed by atoms with Gasteiger partial charge < -0.3 is 16.2 Å². The van der Waals surface area contributed by atoms with Gasteiger partial charge in [0, 0.05) is 6.54 Å². The molecule has 0 amide bonds. The van der Waals surface area contributed by atoms with E-state index >= 15 is 0 Å². The van der Waals surface area contributed by atoms with Gasteiger partial charge in [0.25, 0.3) is 0 Å². The topological polar surface area (TPSA) is 88.2 Å². The predicted molar refractivity (Wildman–Crippen MR) is 74.2 cm³/mol. The van der Waals surface area contributed by atoms with Gasteiger partial charge in [-0.25, -0.2) is 14.2 Å². The number of anilines is 2. The van der Waals surface area contributed by atoms with Gasteiger partial charge in [-0.3, -0.25) is 0 Å². The average molecular weight is 275 g/mol. The SMILES string of the molecule is Nc1cnc(NCCc2ccc(F)cc2)c(C(=O)O)c1. The summed E-state index contributed by atoms with van der Waals surface area (Å²) in [4.78, 5) is 15.0. The van der Waals surface area contributed by atoms with Gasteiger partial charge in [0.2, 0.25) is 0 Å². The summed E-state index contributed by atoms with van der Waals surface area (Å²) in [6, 6.07) is 7.51. The Hall–Kier alpha value is -2.63. The van der Waals surface area contributed by atoms with Crippen LogP contribution in [0.15, 0.2) is 36.5 Å². The van der Waals surface area contributed by atoms with E-state index in [9.17, 15) is 9.18 Å². The van der Waals surface area contributed by atoms with Crippen LogP contribution >= 0.6 is 0 Å². The highest BCUT2D eigenvalue weighted by Crippen LogP contribution is 2.15. The molecule has 2 rings (SSSR count). The Labute approximate surface area is 115 Å². The fourth-order valence-corrected chi connectivity index (χ4v) is 1.76. The van der Waals surface area contributed by atoms with Gasteiger partial charge in [-0.15, -0.1) is 0 Å². The lowest BCUT2D eigenvalue weighted by atomic mass is 10.1. The number of halogens is 1. The van der Waals surface area contributed by atoms with Crippen molar-refractivity contribution in [1.29, 1.82) is 0 Å². The molecular weight excluding hydrogens is 261 g/mol. The number of nitrogen functional groups attached to an aromatic ring is 1. The second kappa shape index (κ2) is 6.01. The molecule has 20 heavy (non-hydrogen) atoms. The van der Waals surface area contributed by atoms with E-state index in [1.54, 1.807) is 12.1 Å². The van der Waals surface area contributed by atoms with Crippen LogP contribution in [-0.2, 0) is 6.42 Å². The van der Waals surface area contributed by atoms with Crippen LogP contribution in [-0.4, -0.2) is 22.6 Å². The minimum absolute atomic E-state index is 0.0316. The number of aromatic carboxylic acids is 1. The molecule has 5 nitrogen and oxygen atoms in total. The summed E-state index contributed by atoms with van der Waals surface area (Å²) in [5.41, 5.74) is 6.79. The maximum atomic E-state index is 12.8. The highest BCUT2D eigenvalue weighted by atomic mass is 19.1. The molecule has 0 fully saturated rings. The molecule has 0 bridgehead atoms. The van der Waals surface area contributed by atoms with Crippen molar-refractivity contribution in [3.05, 3.63) is 53.5 Å². The molecule has 6 heteroatoms. The van der Waals surface area contributed by atoms with E-state index in [4.69, 9.17) is 10.8 Å². The Morgan fingerprint density at radius 2 is 2.05 bits per heavy atom. The second-order valence-electron chi connectivity index (χ2n) is 4.27. The minimum atomic E-state index is -1.09. The number of carbonyl (C=O) groups is 1. The molecule has 0 aliphatic carbocycles. The van der Waals surface area contributed by atoms with Crippen LogP contribution in [0.3, 0.4) is 0 Å². The zero-order valence-corrected chi connectivity index (χ0v) is 10.6. The van der Waals surface area contributed by atoms with Crippen molar-refractivity contribution in [3.8, 4) is 0 Å². The van der Waals surface area contributed by atoms with E-state index in [1.807, 2.05) is 0 Å². The number of rotatable bonds is 5. The molecule has 0 spiro atoms. The summed E-state index contributed by atoms with van der Waals surface area (Å²) in [6.07, 6.45) is 2.03. The highest BCUT2D eigenvalue weighted by molar-refractivity contribution is 5.94. The van der Waals surface area contributed by atoms with Crippen LogP contribution < -0.4 is 11.1 Å². The maximum absolute atomic E-state index is 12.8. The molecule has 4 N–H and O–H groups in total. The average Bonchev–Trinajstić information content (AvgIpc) is 2.42. The normalized spacial score (nSPS) is 10.2. The van der Waals surface area contributed by atoms with Gasteiger partial charge >= 0.3 is 5.97 Å². The number of hydrogen-bond acceptors (Lipinski definition) is 4. The molecule has 0 unspecified atom stereocenters. The van der Waals surface area contributed by atoms with Crippen LogP contribution in [0.4, 0.5) is 15.9 Å². The summed E-state index contributed by atoms with van der Waals surface area (Å²) in [5.74, 6) is -1.10. The fourth-order valence-electron chi connectivity index (χ4n) is 1.76. The molecule has 0 aliphatic heterocycles. The number of pyridine rings is 1. The molecule has 1 aromatic heterocycles. The van der Waals surface area contributed by atoms with Crippen LogP contribution in [0, 0.1) is 5.82 Å². The minimum Gasteiger partial charge on any atom is -0.478 e. The van der Waals surface area contributed by atoms with Crippen molar-refractivity contribution in [2.24, 2.45) is 0 Å². The summed E-state index contributed by atoms with van der Waals surface area (Å²) >= 11 is 0. The predicted octanol–water partition coefficient (Wildman–Crippen LogP) is 2.16. The monoisotopic (exact) mass is 275 g/mol. The van der Waals surface area contributed by atoms with Gasteiger partial charge in [-0.2, -0.15) is 0 Å². The second-order valence-corrected chi connectivity index (χ2v) is 4.27. The smallest absolute Gasteiger partial charge is 0.339 e. The molecule has 104 valence electrons. The summed E-state index contributed by atoms with van der Waals surface area (Å²) in [5, 5.41) is 12.0. The number of carboxylic acid groups (broad SMARTS) is 1. The molecule has 0 aliphatic rings. The van der Waals surface area contributed by atoms with Crippen LogP contribution in [0.5, 0.6) is 0 Å². The van der Waals surface area contributed by atoms with E-state index in [0.29, 0.717) is 18.7 Å². The van der Waals surface area contributed by atoms with Crippen molar-refractivity contribution in [2.75, 3.05) is 17.6 Å². The summed E-state index contributed by atoms with van der Waals surface area (Å²) in [6.45, 7) is 0.489. The maximum Gasteiger partial charge on any atom is 0.339 e. The first-order valence-electron chi connectivity index (χ1n) is 6.03. The Morgan fingerprint density at radius 1 is 1.35 bits per heavy atom. The number of nitrogens with one attached hydrogen (secondary N) is 1. The number of benzene rings is 1. The highest BCUT2D eigenvalue weighted by Gasteiger charge is 2.11. The molecule has 0 saturated carbocycles. The van der Waals surface area contributed by atoms with Crippen LogP contribution in [0.1, 0.15) is 15.9 Å². The third-order valence-electron chi connectivity index (χ3n) is 2.76. The van der Waals surface area contributed by atoms with Crippen LogP contribution in [0.2, 0.25) is 0 Å². The lowest BCUT2D eigenvalue weighted by Gasteiger charge is -2.09. The van der Waals surface area contributed by atoms with Crippen molar-refractivity contribution >= 4 is 17.5 Å². The Balaban J connectivity index is 2.00. The first kappa shape index (κ1) is 13.8. The van der Waals surface area contributed by atoms with E-state index in [0.717, 1.165) is 5.56 Å². The van der Waals surface area contributed by atoms with E-state index < -0.39 is 5.97 Å². The summed E-state index contributed by atoms with van der Waals surface area (Å²) in [7, 11) is 0. The fraction of sp³-hybridized carbons (Fsp3) is 0.143. The van der Waals surface area contributed by atoms with Crippen molar-refractivity contribution in [3.63, 3.8) is 0 Å². The molecule has 1 heterocycles. The summed E-state index contributed by atoms with van der Waals surface area (Å²) < 4.78 is 12.8. The number of nitrogens with two attached hydrogens (primary N) is 1. The first-order chi connectivity index (χ1) is 9.56. The van der Waals surface area contributed by atoms with Crippen molar-refractivity contribution < 1.29 is 14.3 Å². The zero-order chi connectivity index (χ0) is 14.5. The van der Waals surface area contributed by atoms with Gasteiger partial charge in [0.15, 0.2) is 0 Å². The van der Waals surface area contributed by atoms with E-state index in [-0.39, 0.29) is 17.2 Å². The van der Waals surface area contributed by atoms with E-state index in [2.05, 4.69) is 10.3 Å². The largest absolute Gasteiger partial charge is 0.478 e. The third-order valence-corrected chi connectivity index (χ3v) is 2.76. The third kappa shape index (κ3) is 3.44. The van der Waals surface area contributed by atoms with Gasteiger partial charge in [0.1, 0.15) is 17.2 Å². The molecule has 1 aromatic carbocycles. The number of nitrogens with zero attached hydrogens (tertiary/aromatic N) is 1. The van der Waals surface area contributed by atoms with Gasteiger partial charge in [-0.1, -0.05) is 12.1 Å². The zero-order valence-electron chi connectivity index (χ0n) is 10.6. The molecular formula is C14H14FN3O2. The quantitative estimate of drug-likeness (QED) is 0.778. The molecule has 0 atom stereocenters. The van der Waals surface area contributed by atoms with E-state index in [1.165, 1.54) is 24.4 Å². The Morgan fingerprint density at radius 3 is 2.70 bits per heavy atom. The number of hydrogen-bond donors (Lipinski definition) is 3. The van der Waals surface area contributed by atoms with Crippen LogP contribution in [0.25, 0.3) is 0 Å². The van der Waals surface area contributed by atoms with Crippen molar-refractivity contribution in [1.82, 2.24) is 4.98 Å². The number of aromatic nitrogens is 1. The van der Waals surface area contributed by atoms with Gasteiger partial charge in [0.05, 0.1) is 11.9 Å².